The maximum atomic E-state index is 11.1. The van der Waals surface area contributed by atoms with Crippen LogP contribution in [0.2, 0.25) is 0 Å². The molecule has 1 atom stereocenters. The molecule has 0 spiro atoms. The van der Waals surface area contributed by atoms with E-state index in [1.165, 1.54) is 0 Å². The Balaban J connectivity index is 2.11. The van der Waals surface area contributed by atoms with Gasteiger partial charge in [-0.2, -0.15) is 0 Å². The lowest BCUT2D eigenvalue weighted by Gasteiger charge is -2.22. The molecule has 1 aromatic carbocycles. The summed E-state index contributed by atoms with van der Waals surface area (Å²) in [4.78, 5) is 12.2. The number of benzene rings is 1. The zero-order valence-electron chi connectivity index (χ0n) is 9.93. The van der Waals surface area contributed by atoms with E-state index in [-0.39, 0.29) is 5.25 Å². The third-order valence-corrected chi connectivity index (χ3v) is 4.45. The smallest absolute Gasteiger partial charge is 0.309 e. The second-order valence-corrected chi connectivity index (χ2v) is 6.43. The molecule has 0 saturated heterocycles. The number of hydrogen-bond donors (Lipinski definition) is 2. The normalized spacial score (nSPS) is 19.1. The van der Waals surface area contributed by atoms with E-state index in [0.29, 0.717) is 12.2 Å². The maximum Gasteiger partial charge on any atom is 0.309 e. The maximum absolute atomic E-state index is 11.1. The average molecular weight is 252 g/mol. The molecule has 0 bridgehead atoms. The zero-order valence-corrected chi connectivity index (χ0v) is 10.8. The van der Waals surface area contributed by atoms with Gasteiger partial charge in [0.1, 0.15) is 5.75 Å². The van der Waals surface area contributed by atoms with E-state index < -0.39 is 11.4 Å². The average Bonchev–Trinajstić information content (AvgIpc) is 2.60. The van der Waals surface area contributed by atoms with Crippen molar-refractivity contribution in [1.29, 1.82) is 0 Å². The van der Waals surface area contributed by atoms with Gasteiger partial charge in [-0.05, 0) is 38.8 Å². The van der Waals surface area contributed by atoms with Gasteiger partial charge in [0.15, 0.2) is 0 Å². The number of aliphatic carboxylic acids is 1. The van der Waals surface area contributed by atoms with Crippen LogP contribution >= 0.6 is 11.8 Å². The molecule has 0 fully saturated rings. The molecule has 0 radical (unpaired) electrons. The van der Waals surface area contributed by atoms with Crippen LogP contribution in [0, 0.1) is 5.41 Å². The van der Waals surface area contributed by atoms with Crippen LogP contribution in [0.4, 0.5) is 0 Å². The van der Waals surface area contributed by atoms with Crippen molar-refractivity contribution in [3.05, 3.63) is 23.8 Å². The summed E-state index contributed by atoms with van der Waals surface area (Å²) in [6.45, 7) is 3.50. The minimum absolute atomic E-state index is 0.240. The summed E-state index contributed by atoms with van der Waals surface area (Å²) in [5, 5.41) is 19.1. The van der Waals surface area contributed by atoms with Gasteiger partial charge in [0.2, 0.25) is 0 Å². The van der Waals surface area contributed by atoms with Gasteiger partial charge in [-0.25, -0.2) is 0 Å². The molecular formula is C13H16O3S. The minimum atomic E-state index is -0.765. The summed E-state index contributed by atoms with van der Waals surface area (Å²) in [6, 6.07) is 5.49. The predicted molar refractivity (Wildman–Crippen MR) is 67.5 cm³/mol. The summed E-state index contributed by atoms with van der Waals surface area (Å²) in [5.41, 5.74) is 0.249. The molecule has 1 heterocycles. The summed E-state index contributed by atoms with van der Waals surface area (Å²) < 4.78 is 0. The molecule has 3 nitrogen and oxygen atoms in total. The highest BCUT2D eigenvalue weighted by molar-refractivity contribution is 8.00. The molecule has 92 valence electrons. The highest BCUT2D eigenvalue weighted by atomic mass is 32.2. The molecule has 0 amide bonds. The van der Waals surface area contributed by atoms with Crippen LogP contribution in [0.5, 0.6) is 5.75 Å². The SMILES string of the molecule is CC(C)(CC1Cc2c(O)cccc2S1)C(=O)O. The number of carbonyl (C=O) groups is 1. The summed E-state index contributed by atoms with van der Waals surface area (Å²) in [5.74, 6) is -0.441. The summed E-state index contributed by atoms with van der Waals surface area (Å²) in [6.07, 6.45) is 1.37. The lowest BCUT2D eigenvalue weighted by Crippen LogP contribution is -2.27. The summed E-state index contributed by atoms with van der Waals surface area (Å²) in [7, 11) is 0. The number of carboxylic acids is 1. The lowest BCUT2D eigenvalue weighted by atomic mass is 9.86. The van der Waals surface area contributed by atoms with Crippen LogP contribution in [0.3, 0.4) is 0 Å². The Bertz CT molecular complexity index is 454. The van der Waals surface area contributed by atoms with E-state index in [9.17, 15) is 9.90 Å². The number of thioether (sulfide) groups is 1. The van der Waals surface area contributed by atoms with E-state index in [1.807, 2.05) is 12.1 Å². The summed E-state index contributed by atoms with van der Waals surface area (Å²) >= 11 is 1.67. The highest BCUT2D eigenvalue weighted by Crippen LogP contribution is 2.45. The molecule has 2 rings (SSSR count). The van der Waals surface area contributed by atoms with Gasteiger partial charge in [0.05, 0.1) is 5.41 Å². The Morgan fingerprint density at radius 3 is 2.82 bits per heavy atom. The van der Waals surface area contributed by atoms with Gasteiger partial charge in [0, 0.05) is 15.7 Å². The van der Waals surface area contributed by atoms with Gasteiger partial charge in [0.25, 0.3) is 0 Å². The van der Waals surface area contributed by atoms with Crippen LogP contribution in [0.1, 0.15) is 25.8 Å². The first-order chi connectivity index (χ1) is 7.90. The van der Waals surface area contributed by atoms with Crippen LogP contribution < -0.4 is 0 Å². The second kappa shape index (κ2) is 4.26. The van der Waals surface area contributed by atoms with Gasteiger partial charge in [-0.1, -0.05) is 6.07 Å². The number of hydrogen-bond acceptors (Lipinski definition) is 3. The molecular weight excluding hydrogens is 236 g/mol. The number of aromatic hydroxyl groups is 1. The van der Waals surface area contributed by atoms with Crippen LogP contribution in [-0.4, -0.2) is 21.4 Å². The quantitative estimate of drug-likeness (QED) is 0.868. The van der Waals surface area contributed by atoms with Gasteiger partial charge in [-0.3, -0.25) is 4.79 Å². The first-order valence-corrected chi connectivity index (χ1v) is 6.49. The second-order valence-electron chi connectivity index (χ2n) is 5.09. The number of carboxylic acid groups (broad SMARTS) is 1. The van der Waals surface area contributed by atoms with Crippen molar-refractivity contribution in [2.24, 2.45) is 5.41 Å². The molecule has 1 aliphatic rings. The van der Waals surface area contributed by atoms with Crippen molar-refractivity contribution < 1.29 is 15.0 Å². The number of rotatable bonds is 3. The number of phenols is 1. The van der Waals surface area contributed by atoms with E-state index in [0.717, 1.165) is 16.9 Å². The van der Waals surface area contributed by atoms with E-state index >= 15 is 0 Å². The monoisotopic (exact) mass is 252 g/mol. The van der Waals surface area contributed by atoms with E-state index in [4.69, 9.17) is 5.11 Å². The largest absolute Gasteiger partial charge is 0.508 e. The molecule has 1 unspecified atom stereocenters. The zero-order chi connectivity index (χ0) is 12.6. The fourth-order valence-electron chi connectivity index (χ4n) is 2.09. The van der Waals surface area contributed by atoms with Crippen molar-refractivity contribution in [3.8, 4) is 5.75 Å². The number of phenolic OH excluding ortho intramolecular Hbond substituents is 1. The molecule has 2 N–H and O–H groups in total. The van der Waals surface area contributed by atoms with Crippen molar-refractivity contribution in [3.63, 3.8) is 0 Å². The Kier molecular flexibility index (Phi) is 3.08. The van der Waals surface area contributed by atoms with E-state index in [2.05, 4.69) is 0 Å². The third-order valence-electron chi connectivity index (χ3n) is 3.15. The number of fused-ring (bicyclic) bond motifs is 1. The van der Waals surface area contributed by atoms with Gasteiger partial charge >= 0.3 is 5.97 Å². The molecule has 0 saturated carbocycles. The molecule has 0 aromatic heterocycles. The Hall–Kier alpha value is -1.16. The molecule has 0 aliphatic carbocycles. The van der Waals surface area contributed by atoms with Crippen LogP contribution in [-0.2, 0) is 11.2 Å². The van der Waals surface area contributed by atoms with Gasteiger partial charge in [-0.15, -0.1) is 11.8 Å². The fourth-order valence-corrected chi connectivity index (χ4v) is 3.69. The van der Waals surface area contributed by atoms with Crippen molar-refractivity contribution >= 4 is 17.7 Å². The van der Waals surface area contributed by atoms with Crippen LogP contribution in [0.15, 0.2) is 23.1 Å². The Morgan fingerprint density at radius 1 is 1.53 bits per heavy atom. The highest BCUT2D eigenvalue weighted by Gasteiger charge is 2.34. The first-order valence-electron chi connectivity index (χ1n) is 5.61. The molecule has 1 aliphatic heterocycles. The Labute approximate surface area is 105 Å². The molecule has 1 aromatic rings. The third kappa shape index (κ3) is 2.41. The predicted octanol–water partition coefficient (Wildman–Crippen LogP) is 2.91. The topological polar surface area (TPSA) is 57.5 Å². The van der Waals surface area contributed by atoms with Crippen LogP contribution in [0.25, 0.3) is 0 Å². The van der Waals surface area contributed by atoms with Gasteiger partial charge < -0.3 is 10.2 Å². The standard InChI is InChI=1S/C13H16O3S/c1-13(2,12(15)16)7-8-6-9-10(14)4-3-5-11(9)17-8/h3-5,8,14H,6-7H2,1-2H3,(H,15,16). The molecule has 4 heteroatoms. The fraction of sp³-hybridized carbons (Fsp3) is 0.462. The van der Waals surface area contributed by atoms with Crippen molar-refractivity contribution in [2.75, 3.05) is 0 Å². The minimum Gasteiger partial charge on any atom is -0.508 e. The van der Waals surface area contributed by atoms with Crippen molar-refractivity contribution in [1.82, 2.24) is 0 Å². The first kappa shape index (κ1) is 12.3. The van der Waals surface area contributed by atoms with Crippen molar-refractivity contribution in [2.45, 2.75) is 36.8 Å². The molecule has 17 heavy (non-hydrogen) atoms. The van der Waals surface area contributed by atoms with E-state index in [1.54, 1.807) is 31.7 Å². The Morgan fingerprint density at radius 2 is 2.24 bits per heavy atom. The lowest BCUT2D eigenvalue weighted by molar-refractivity contribution is -0.147.